The molecular formula is C12H23NO2S. The van der Waals surface area contributed by atoms with E-state index in [2.05, 4.69) is 12.4 Å². The third kappa shape index (κ3) is 3.62. The summed E-state index contributed by atoms with van der Waals surface area (Å²) in [6.45, 7) is 2.85. The van der Waals surface area contributed by atoms with Gasteiger partial charge in [-0.25, -0.2) is 0 Å². The zero-order valence-corrected chi connectivity index (χ0v) is 10.9. The maximum Gasteiger partial charge on any atom is 0.0666 e. The van der Waals surface area contributed by atoms with Crippen molar-refractivity contribution in [1.29, 1.82) is 0 Å². The molecule has 0 radical (unpaired) electrons. The highest BCUT2D eigenvalue weighted by Gasteiger charge is 2.25. The molecule has 2 rings (SSSR count). The molecule has 0 bridgehead atoms. The quantitative estimate of drug-likeness (QED) is 0.768. The first-order chi connectivity index (χ1) is 7.90. The Balaban J connectivity index is 1.62. The number of nitrogens with one attached hydrogen (secondary N) is 1. The van der Waals surface area contributed by atoms with Crippen LogP contribution in [0.3, 0.4) is 0 Å². The van der Waals surface area contributed by atoms with Gasteiger partial charge in [-0.1, -0.05) is 0 Å². The predicted molar refractivity (Wildman–Crippen MR) is 68.1 cm³/mol. The van der Waals surface area contributed by atoms with E-state index in [4.69, 9.17) is 9.47 Å². The molecule has 3 unspecified atom stereocenters. The van der Waals surface area contributed by atoms with Crippen LogP contribution in [0.2, 0.25) is 0 Å². The van der Waals surface area contributed by atoms with E-state index in [1.807, 2.05) is 11.8 Å². The van der Waals surface area contributed by atoms with Crippen molar-refractivity contribution in [1.82, 2.24) is 5.32 Å². The van der Waals surface area contributed by atoms with Crippen molar-refractivity contribution in [3.8, 4) is 0 Å². The van der Waals surface area contributed by atoms with Crippen molar-refractivity contribution < 1.29 is 9.47 Å². The van der Waals surface area contributed by atoms with Crippen LogP contribution in [0.25, 0.3) is 0 Å². The maximum atomic E-state index is 5.63. The van der Waals surface area contributed by atoms with E-state index in [1.165, 1.54) is 25.0 Å². The Kier molecular flexibility index (Phi) is 5.42. The minimum Gasteiger partial charge on any atom is -0.381 e. The molecule has 1 N–H and O–H groups in total. The molecule has 2 heterocycles. The van der Waals surface area contributed by atoms with E-state index in [-0.39, 0.29) is 0 Å². The first kappa shape index (κ1) is 12.7. The van der Waals surface area contributed by atoms with E-state index in [9.17, 15) is 0 Å². The summed E-state index contributed by atoms with van der Waals surface area (Å²) in [6.07, 6.45) is 4.23. The molecule has 2 fully saturated rings. The Morgan fingerprint density at radius 2 is 2.31 bits per heavy atom. The fourth-order valence-electron chi connectivity index (χ4n) is 2.43. The second-order valence-corrected chi connectivity index (χ2v) is 5.77. The molecule has 3 nitrogen and oxygen atoms in total. The van der Waals surface area contributed by atoms with Gasteiger partial charge in [-0.15, -0.1) is 0 Å². The Morgan fingerprint density at radius 3 is 2.94 bits per heavy atom. The van der Waals surface area contributed by atoms with Crippen LogP contribution in [0.5, 0.6) is 0 Å². The standard InChI is InChI=1S/C12H23NO2S/c1-13-12(10-4-6-14-7-10)9-16-8-11-3-2-5-15-11/h10-13H,2-9H2,1H3. The minimum atomic E-state index is 0.516. The lowest BCUT2D eigenvalue weighted by atomic mass is 10.0. The summed E-state index contributed by atoms with van der Waals surface area (Å²) in [6, 6.07) is 0.605. The van der Waals surface area contributed by atoms with Crippen LogP contribution in [-0.2, 0) is 9.47 Å². The second-order valence-electron chi connectivity index (χ2n) is 4.69. The molecule has 4 heteroatoms. The van der Waals surface area contributed by atoms with Gasteiger partial charge >= 0.3 is 0 Å². The zero-order valence-electron chi connectivity index (χ0n) is 10.1. The monoisotopic (exact) mass is 245 g/mol. The van der Waals surface area contributed by atoms with Gasteiger partial charge in [0.05, 0.1) is 12.7 Å². The van der Waals surface area contributed by atoms with Crippen molar-refractivity contribution in [2.24, 2.45) is 5.92 Å². The van der Waals surface area contributed by atoms with Gasteiger partial charge in [0.25, 0.3) is 0 Å². The van der Waals surface area contributed by atoms with Crippen molar-refractivity contribution in [3.63, 3.8) is 0 Å². The summed E-state index contributed by atoms with van der Waals surface area (Å²) in [5, 5.41) is 3.43. The Morgan fingerprint density at radius 1 is 1.38 bits per heavy atom. The van der Waals surface area contributed by atoms with Gasteiger partial charge in [0.1, 0.15) is 0 Å². The molecule has 2 aliphatic heterocycles. The molecule has 16 heavy (non-hydrogen) atoms. The third-order valence-corrected chi connectivity index (χ3v) is 4.73. The van der Waals surface area contributed by atoms with E-state index >= 15 is 0 Å². The molecule has 0 aromatic rings. The van der Waals surface area contributed by atoms with Crippen molar-refractivity contribution in [3.05, 3.63) is 0 Å². The fourth-order valence-corrected chi connectivity index (χ4v) is 3.78. The second kappa shape index (κ2) is 6.84. The van der Waals surface area contributed by atoms with Crippen LogP contribution in [0.1, 0.15) is 19.3 Å². The third-order valence-electron chi connectivity index (χ3n) is 3.53. The number of thioether (sulfide) groups is 1. The minimum absolute atomic E-state index is 0.516. The van der Waals surface area contributed by atoms with E-state index in [0.29, 0.717) is 18.1 Å². The molecule has 2 saturated heterocycles. The topological polar surface area (TPSA) is 30.5 Å². The van der Waals surface area contributed by atoms with Gasteiger partial charge in [-0.05, 0) is 26.3 Å². The highest BCUT2D eigenvalue weighted by atomic mass is 32.2. The summed E-state index contributed by atoms with van der Waals surface area (Å²) < 4.78 is 11.1. The smallest absolute Gasteiger partial charge is 0.0666 e. The molecule has 0 aromatic heterocycles. The molecule has 0 saturated carbocycles. The maximum absolute atomic E-state index is 5.63. The number of hydrogen-bond donors (Lipinski definition) is 1. The molecule has 0 amide bonds. The number of ether oxygens (including phenoxy) is 2. The Bertz CT molecular complexity index is 191. The highest BCUT2D eigenvalue weighted by molar-refractivity contribution is 7.99. The van der Waals surface area contributed by atoms with E-state index in [1.54, 1.807) is 0 Å². The lowest BCUT2D eigenvalue weighted by Crippen LogP contribution is -2.36. The van der Waals surface area contributed by atoms with Crippen LogP contribution >= 0.6 is 11.8 Å². The number of hydrogen-bond acceptors (Lipinski definition) is 4. The fraction of sp³-hybridized carbons (Fsp3) is 1.00. The van der Waals surface area contributed by atoms with Crippen LogP contribution in [0.15, 0.2) is 0 Å². The zero-order chi connectivity index (χ0) is 11.2. The van der Waals surface area contributed by atoms with Gasteiger partial charge in [0.2, 0.25) is 0 Å². The highest BCUT2D eigenvalue weighted by Crippen LogP contribution is 2.22. The van der Waals surface area contributed by atoms with Gasteiger partial charge in [0.15, 0.2) is 0 Å². The van der Waals surface area contributed by atoms with Crippen molar-refractivity contribution in [2.75, 3.05) is 38.4 Å². The van der Waals surface area contributed by atoms with Crippen LogP contribution in [-0.4, -0.2) is 50.5 Å². The van der Waals surface area contributed by atoms with Crippen molar-refractivity contribution in [2.45, 2.75) is 31.4 Å². The predicted octanol–water partition coefficient (Wildman–Crippen LogP) is 1.52. The Hall–Kier alpha value is 0.230. The summed E-state index contributed by atoms with van der Waals surface area (Å²) in [5.74, 6) is 3.05. The largest absolute Gasteiger partial charge is 0.381 e. The lowest BCUT2D eigenvalue weighted by molar-refractivity contribution is 0.129. The first-order valence-corrected chi connectivity index (χ1v) is 7.50. The average Bonchev–Trinajstić information content (AvgIpc) is 2.96. The molecular weight excluding hydrogens is 222 g/mol. The first-order valence-electron chi connectivity index (χ1n) is 6.34. The van der Waals surface area contributed by atoms with Gasteiger partial charge < -0.3 is 14.8 Å². The number of rotatable bonds is 6. The van der Waals surface area contributed by atoms with E-state index in [0.717, 1.165) is 25.6 Å². The average molecular weight is 245 g/mol. The normalized spacial score (nSPS) is 32.1. The van der Waals surface area contributed by atoms with Gasteiger partial charge in [-0.3, -0.25) is 0 Å². The lowest BCUT2D eigenvalue weighted by Gasteiger charge is -2.22. The Labute approximate surface area is 103 Å². The summed E-state index contributed by atoms with van der Waals surface area (Å²) in [5.41, 5.74) is 0. The molecule has 3 atom stereocenters. The molecule has 0 aromatic carbocycles. The van der Waals surface area contributed by atoms with Crippen LogP contribution < -0.4 is 5.32 Å². The van der Waals surface area contributed by atoms with Crippen molar-refractivity contribution >= 4 is 11.8 Å². The SMILES string of the molecule is CNC(CSCC1CCCO1)C1CCOC1. The van der Waals surface area contributed by atoms with Gasteiger partial charge in [-0.2, -0.15) is 11.8 Å². The molecule has 2 aliphatic rings. The molecule has 94 valence electrons. The van der Waals surface area contributed by atoms with Crippen LogP contribution in [0.4, 0.5) is 0 Å². The van der Waals surface area contributed by atoms with Crippen LogP contribution in [0, 0.1) is 5.92 Å². The summed E-state index contributed by atoms with van der Waals surface area (Å²) in [4.78, 5) is 0. The molecule has 0 aliphatic carbocycles. The summed E-state index contributed by atoms with van der Waals surface area (Å²) >= 11 is 2.03. The van der Waals surface area contributed by atoms with Gasteiger partial charge in [0, 0.05) is 36.7 Å². The molecule has 0 spiro atoms. The van der Waals surface area contributed by atoms with E-state index < -0.39 is 0 Å². The summed E-state index contributed by atoms with van der Waals surface area (Å²) in [7, 11) is 2.07.